The van der Waals surface area contributed by atoms with Crippen LogP contribution in [0.5, 0.6) is 5.75 Å². The highest BCUT2D eigenvalue weighted by molar-refractivity contribution is 6.52. The highest BCUT2D eigenvalue weighted by Gasteiger charge is 2.49. The molecule has 1 heterocycles. The molecule has 23 heavy (non-hydrogen) atoms. The molecule has 1 aromatic carbocycles. The third-order valence-electron chi connectivity index (χ3n) is 4.30. The number of carbonyl (C=O) groups is 1. The molecule has 1 aliphatic heterocycles. The van der Waals surface area contributed by atoms with Crippen molar-refractivity contribution in [1.82, 2.24) is 0 Å². The lowest BCUT2D eigenvalue weighted by atomic mass is 9.89. The van der Waals surface area contributed by atoms with Gasteiger partial charge in [0.15, 0.2) is 0 Å². The molecule has 0 saturated carbocycles. The monoisotopic (exact) mass is 318 g/mol. The molecule has 0 unspecified atom stereocenters. The fourth-order valence-electron chi connectivity index (χ4n) is 2.23. The van der Waals surface area contributed by atoms with E-state index in [1.165, 1.54) is 7.11 Å². The van der Waals surface area contributed by atoms with E-state index in [0.717, 1.165) is 5.56 Å². The normalized spacial score (nSPS) is 19.1. The molecule has 0 bridgehead atoms. The van der Waals surface area contributed by atoms with Gasteiger partial charge in [-0.25, -0.2) is 4.79 Å². The maximum absolute atomic E-state index is 11.7. The number of hydrogen-bond acceptors (Lipinski definition) is 5. The van der Waals surface area contributed by atoms with Crippen molar-refractivity contribution in [1.29, 1.82) is 0 Å². The first-order valence-electron chi connectivity index (χ1n) is 7.50. The molecule has 0 radical (unpaired) electrons. The Morgan fingerprint density at radius 2 is 1.70 bits per heavy atom. The van der Waals surface area contributed by atoms with Crippen LogP contribution >= 0.6 is 0 Å². The molecule has 0 aliphatic carbocycles. The number of carbonyl (C=O) groups excluding carboxylic acids is 1. The summed E-state index contributed by atoms with van der Waals surface area (Å²) in [6.45, 7) is 8.01. The van der Waals surface area contributed by atoms with Crippen LogP contribution in [0.1, 0.15) is 43.6 Å². The lowest BCUT2D eigenvalue weighted by Gasteiger charge is -2.32. The van der Waals surface area contributed by atoms with Crippen LogP contribution < -0.4 is 4.74 Å². The van der Waals surface area contributed by atoms with Crippen LogP contribution in [-0.2, 0) is 14.0 Å². The minimum absolute atomic E-state index is 0.381. The Kier molecular flexibility index (Phi) is 4.87. The second-order valence-corrected chi connectivity index (χ2v) is 6.47. The summed E-state index contributed by atoms with van der Waals surface area (Å²) in [6, 6.07) is 5.20. The summed E-state index contributed by atoms with van der Waals surface area (Å²) in [6.07, 6.45) is 1.84. The summed E-state index contributed by atoms with van der Waals surface area (Å²) < 4.78 is 21.8. The number of ether oxygens (including phenoxy) is 2. The van der Waals surface area contributed by atoms with E-state index in [0.29, 0.717) is 11.3 Å². The minimum Gasteiger partial charge on any atom is -0.497 e. The van der Waals surface area contributed by atoms with Crippen molar-refractivity contribution in [2.45, 2.75) is 38.9 Å². The van der Waals surface area contributed by atoms with Crippen LogP contribution in [0.2, 0.25) is 0 Å². The van der Waals surface area contributed by atoms with Gasteiger partial charge in [0.1, 0.15) is 5.75 Å². The van der Waals surface area contributed by atoms with Gasteiger partial charge in [0.25, 0.3) is 0 Å². The molecular formula is C17H23BO5. The molecule has 1 saturated heterocycles. The summed E-state index contributed by atoms with van der Waals surface area (Å²) in [7, 11) is 2.47. The highest BCUT2D eigenvalue weighted by Crippen LogP contribution is 2.37. The SMILES string of the molecule is COC(=O)c1cc(/C=C/B2OC(C)(C)C(C)(C)O2)cc(OC)c1. The van der Waals surface area contributed by atoms with Crippen molar-refractivity contribution in [3.63, 3.8) is 0 Å². The van der Waals surface area contributed by atoms with Gasteiger partial charge in [-0.15, -0.1) is 0 Å². The van der Waals surface area contributed by atoms with Crippen LogP contribution in [0.25, 0.3) is 6.08 Å². The molecule has 0 spiro atoms. The van der Waals surface area contributed by atoms with Gasteiger partial charge in [0.05, 0.1) is 31.0 Å². The van der Waals surface area contributed by atoms with E-state index in [4.69, 9.17) is 18.8 Å². The quantitative estimate of drug-likeness (QED) is 0.630. The summed E-state index contributed by atoms with van der Waals surface area (Å²) in [4.78, 5) is 11.7. The van der Waals surface area contributed by atoms with Crippen LogP contribution in [-0.4, -0.2) is 38.5 Å². The molecule has 5 nitrogen and oxygen atoms in total. The van der Waals surface area contributed by atoms with E-state index in [1.807, 2.05) is 45.8 Å². The number of methoxy groups -OCH3 is 2. The van der Waals surface area contributed by atoms with Crippen LogP contribution in [0.4, 0.5) is 0 Å². The summed E-state index contributed by atoms with van der Waals surface area (Å²) in [5, 5.41) is 0. The number of hydrogen-bond donors (Lipinski definition) is 0. The van der Waals surface area contributed by atoms with Crippen LogP contribution in [0.3, 0.4) is 0 Å². The molecule has 1 aliphatic rings. The van der Waals surface area contributed by atoms with Crippen LogP contribution in [0.15, 0.2) is 24.2 Å². The van der Waals surface area contributed by atoms with Gasteiger partial charge in [-0.3, -0.25) is 0 Å². The average Bonchev–Trinajstić information content (AvgIpc) is 2.71. The maximum atomic E-state index is 11.7. The first-order valence-corrected chi connectivity index (χ1v) is 7.50. The van der Waals surface area contributed by atoms with Gasteiger partial charge in [0, 0.05) is 0 Å². The van der Waals surface area contributed by atoms with Gasteiger partial charge in [-0.2, -0.15) is 0 Å². The topological polar surface area (TPSA) is 54.0 Å². The maximum Gasteiger partial charge on any atom is 0.487 e. The lowest BCUT2D eigenvalue weighted by Crippen LogP contribution is -2.41. The van der Waals surface area contributed by atoms with Gasteiger partial charge < -0.3 is 18.8 Å². The second-order valence-electron chi connectivity index (χ2n) is 6.47. The Labute approximate surface area is 137 Å². The van der Waals surface area contributed by atoms with E-state index in [-0.39, 0.29) is 11.2 Å². The molecule has 1 aromatic rings. The van der Waals surface area contributed by atoms with Gasteiger partial charge >= 0.3 is 13.1 Å². The third-order valence-corrected chi connectivity index (χ3v) is 4.30. The fraction of sp³-hybridized carbons (Fsp3) is 0.471. The zero-order valence-corrected chi connectivity index (χ0v) is 14.5. The minimum atomic E-state index is -0.437. The first-order chi connectivity index (χ1) is 10.7. The summed E-state index contributed by atoms with van der Waals surface area (Å²) >= 11 is 0. The largest absolute Gasteiger partial charge is 0.497 e. The predicted octanol–water partition coefficient (Wildman–Crippen LogP) is 3.13. The predicted molar refractivity (Wildman–Crippen MR) is 89.4 cm³/mol. The molecular weight excluding hydrogens is 295 g/mol. The highest BCUT2D eigenvalue weighted by atomic mass is 16.7. The number of esters is 1. The molecule has 1 fully saturated rings. The average molecular weight is 318 g/mol. The Balaban J connectivity index is 2.21. The second kappa shape index (κ2) is 6.38. The van der Waals surface area contributed by atoms with Crippen molar-refractivity contribution in [3.05, 3.63) is 35.3 Å². The van der Waals surface area contributed by atoms with Crippen molar-refractivity contribution in [2.75, 3.05) is 14.2 Å². The Bertz CT molecular complexity index is 605. The number of rotatable bonds is 4. The van der Waals surface area contributed by atoms with Gasteiger partial charge in [-0.1, -0.05) is 12.1 Å². The van der Waals surface area contributed by atoms with E-state index in [2.05, 4.69) is 0 Å². The number of benzene rings is 1. The molecule has 0 atom stereocenters. The smallest absolute Gasteiger partial charge is 0.487 e. The van der Waals surface area contributed by atoms with E-state index in [1.54, 1.807) is 19.2 Å². The standard InChI is InChI=1S/C17H23BO5/c1-16(2)17(3,4)23-18(22-16)8-7-12-9-13(15(19)21-6)11-14(10-12)20-5/h7-11H,1-6H3/b8-7+. The van der Waals surface area contributed by atoms with E-state index in [9.17, 15) is 4.79 Å². The van der Waals surface area contributed by atoms with Crippen molar-refractivity contribution >= 4 is 19.2 Å². The third kappa shape index (κ3) is 3.76. The Morgan fingerprint density at radius 1 is 1.09 bits per heavy atom. The van der Waals surface area contributed by atoms with E-state index < -0.39 is 13.1 Å². The van der Waals surface area contributed by atoms with Crippen molar-refractivity contribution < 1.29 is 23.6 Å². The molecule has 0 aromatic heterocycles. The fourth-order valence-corrected chi connectivity index (χ4v) is 2.23. The van der Waals surface area contributed by atoms with Crippen molar-refractivity contribution in [2.24, 2.45) is 0 Å². The zero-order chi connectivity index (χ0) is 17.3. The molecule has 0 amide bonds. The summed E-state index contributed by atoms with van der Waals surface area (Å²) in [5.74, 6) is 2.00. The zero-order valence-electron chi connectivity index (χ0n) is 14.5. The lowest BCUT2D eigenvalue weighted by molar-refractivity contribution is 0.00578. The molecule has 124 valence electrons. The van der Waals surface area contributed by atoms with Gasteiger partial charge in [-0.05, 0) is 51.5 Å². The Hall–Kier alpha value is -1.79. The van der Waals surface area contributed by atoms with Gasteiger partial charge in [0.2, 0.25) is 0 Å². The molecule has 0 N–H and O–H groups in total. The summed E-state index contributed by atoms with van der Waals surface area (Å²) in [5.41, 5.74) is 0.473. The molecule has 6 heteroatoms. The Morgan fingerprint density at radius 3 is 2.22 bits per heavy atom. The first kappa shape index (κ1) is 17.6. The molecule has 2 rings (SSSR count). The van der Waals surface area contributed by atoms with Crippen LogP contribution in [0, 0.1) is 0 Å². The van der Waals surface area contributed by atoms with Crippen molar-refractivity contribution in [3.8, 4) is 5.75 Å². The van der Waals surface area contributed by atoms with E-state index >= 15 is 0 Å².